The van der Waals surface area contributed by atoms with Gasteiger partial charge in [0.25, 0.3) is 5.91 Å². The van der Waals surface area contributed by atoms with E-state index < -0.39 is 0 Å². The third-order valence-electron chi connectivity index (χ3n) is 2.89. The molecule has 2 aromatic rings. The van der Waals surface area contributed by atoms with Gasteiger partial charge in [-0.05, 0) is 35.9 Å². The van der Waals surface area contributed by atoms with Crippen LogP contribution in [0.2, 0.25) is 5.02 Å². The van der Waals surface area contributed by atoms with Gasteiger partial charge >= 0.3 is 0 Å². The van der Waals surface area contributed by atoms with Crippen LogP contribution >= 0.6 is 11.6 Å². The average molecular weight is 303 g/mol. The van der Waals surface area contributed by atoms with E-state index in [1.807, 2.05) is 6.07 Å². The largest absolute Gasteiger partial charge is 0.355 e. The Labute approximate surface area is 128 Å². The summed E-state index contributed by atoms with van der Waals surface area (Å²) in [4.78, 5) is 23.5. The van der Waals surface area contributed by atoms with Crippen molar-refractivity contribution in [3.8, 4) is 0 Å². The summed E-state index contributed by atoms with van der Waals surface area (Å²) in [6.45, 7) is 0. The SMILES string of the molecule is CNC(=O)c1cccc(NC(=O)Cc2cccc(Cl)c2)c1. The van der Waals surface area contributed by atoms with Gasteiger partial charge in [0.15, 0.2) is 0 Å². The van der Waals surface area contributed by atoms with Crippen molar-refractivity contribution in [1.82, 2.24) is 5.32 Å². The molecule has 0 spiro atoms. The molecule has 0 aliphatic rings. The van der Waals surface area contributed by atoms with E-state index in [1.165, 1.54) is 0 Å². The second kappa shape index (κ2) is 6.90. The van der Waals surface area contributed by atoms with E-state index in [0.717, 1.165) is 5.56 Å². The number of halogens is 1. The second-order valence-corrected chi connectivity index (χ2v) is 4.95. The molecule has 0 heterocycles. The molecular formula is C16H15ClN2O2. The maximum atomic E-state index is 12.0. The van der Waals surface area contributed by atoms with Gasteiger partial charge in [0.2, 0.25) is 5.91 Å². The lowest BCUT2D eigenvalue weighted by atomic mass is 10.1. The minimum Gasteiger partial charge on any atom is -0.355 e. The van der Waals surface area contributed by atoms with E-state index in [1.54, 1.807) is 49.5 Å². The van der Waals surface area contributed by atoms with Gasteiger partial charge in [-0.2, -0.15) is 0 Å². The molecule has 0 fully saturated rings. The highest BCUT2D eigenvalue weighted by Gasteiger charge is 2.07. The summed E-state index contributed by atoms with van der Waals surface area (Å²) < 4.78 is 0. The Morgan fingerprint density at radius 2 is 1.86 bits per heavy atom. The first kappa shape index (κ1) is 15.1. The van der Waals surface area contributed by atoms with Crippen molar-refractivity contribution >= 4 is 29.1 Å². The fraction of sp³-hybridized carbons (Fsp3) is 0.125. The van der Waals surface area contributed by atoms with Crippen molar-refractivity contribution in [2.45, 2.75) is 6.42 Å². The lowest BCUT2D eigenvalue weighted by Crippen LogP contribution is -2.19. The highest BCUT2D eigenvalue weighted by molar-refractivity contribution is 6.30. The lowest BCUT2D eigenvalue weighted by molar-refractivity contribution is -0.115. The molecule has 0 aliphatic carbocycles. The summed E-state index contributed by atoms with van der Waals surface area (Å²) in [6, 6.07) is 13.9. The number of nitrogens with one attached hydrogen (secondary N) is 2. The zero-order valence-electron chi connectivity index (χ0n) is 11.5. The maximum Gasteiger partial charge on any atom is 0.251 e. The molecular weight excluding hydrogens is 288 g/mol. The van der Waals surface area contributed by atoms with Gasteiger partial charge in [-0.1, -0.05) is 29.8 Å². The molecule has 2 amide bonds. The van der Waals surface area contributed by atoms with Crippen LogP contribution in [0.3, 0.4) is 0 Å². The molecule has 4 nitrogen and oxygen atoms in total. The van der Waals surface area contributed by atoms with Gasteiger partial charge < -0.3 is 10.6 Å². The van der Waals surface area contributed by atoms with Crippen molar-refractivity contribution in [3.63, 3.8) is 0 Å². The quantitative estimate of drug-likeness (QED) is 0.912. The van der Waals surface area contributed by atoms with Crippen molar-refractivity contribution in [1.29, 1.82) is 0 Å². The van der Waals surface area contributed by atoms with E-state index in [-0.39, 0.29) is 18.2 Å². The van der Waals surface area contributed by atoms with Gasteiger partial charge in [0, 0.05) is 23.3 Å². The minimum absolute atomic E-state index is 0.161. The highest BCUT2D eigenvalue weighted by Crippen LogP contribution is 2.14. The molecule has 0 saturated carbocycles. The van der Waals surface area contributed by atoms with Gasteiger partial charge in [-0.25, -0.2) is 0 Å². The van der Waals surface area contributed by atoms with E-state index in [2.05, 4.69) is 10.6 Å². The van der Waals surface area contributed by atoms with Gasteiger partial charge in [-0.3, -0.25) is 9.59 Å². The predicted octanol–water partition coefficient (Wildman–Crippen LogP) is 2.88. The Morgan fingerprint density at radius 3 is 2.57 bits per heavy atom. The fourth-order valence-electron chi connectivity index (χ4n) is 1.92. The Kier molecular flexibility index (Phi) is 4.95. The number of amides is 2. The molecule has 2 N–H and O–H groups in total. The molecule has 5 heteroatoms. The topological polar surface area (TPSA) is 58.2 Å². The Morgan fingerprint density at radius 1 is 1.10 bits per heavy atom. The molecule has 0 unspecified atom stereocenters. The first-order chi connectivity index (χ1) is 10.1. The summed E-state index contributed by atoms with van der Waals surface area (Å²) in [5, 5.41) is 5.91. The molecule has 0 aliphatic heterocycles. The van der Waals surface area contributed by atoms with Crippen LogP contribution in [-0.4, -0.2) is 18.9 Å². The van der Waals surface area contributed by atoms with E-state index in [9.17, 15) is 9.59 Å². The Hall–Kier alpha value is -2.33. The molecule has 2 rings (SSSR count). The highest BCUT2D eigenvalue weighted by atomic mass is 35.5. The van der Waals surface area contributed by atoms with Crippen LogP contribution in [0.1, 0.15) is 15.9 Å². The van der Waals surface area contributed by atoms with E-state index in [0.29, 0.717) is 16.3 Å². The second-order valence-electron chi connectivity index (χ2n) is 4.51. The summed E-state index contributed by atoms with van der Waals surface area (Å²) in [5.41, 5.74) is 1.92. The summed E-state index contributed by atoms with van der Waals surface area (Å²) in [7, 11) is 1.56. The van der Waals surface area contributed by atoms with Crippen molar-refractivity contribution in [3.05, 3.63) is 64.7 Å². The zero-order chi connectivity index (χ0) is 15.2. The number of rotatable bonds is 4. The van der Waals surface area contributed by atoms with Crippen LogP contribution in [0.25, 0.3) is 0 Å². The number of carbonyl (C=O) groups excluding carboxylic acids is 2. The van der Waals surface area contributed by atoms with E-state index >= 15 is 0 Å². The first-order valence-electron chi connectivity index (χ1n) is 6.45. The minimum atomic E-state index is -0.194. The summed E-state index contributed by atoms with van der Waals surface area (Å²) in [6.07, 6.45) is 0.227. The number of carbonyl (C=O) groups is 2. The first-order valence-corrected chi connectivity index (χ1v) is 6.83. The molecule has 108 valence electrons. The van der Waals surface area contributed by atoms with Gasteiger partial charge in [-0.15, -0.1) is 0 Å². The number of hydrogen-bond acceptors (Lipinski definition) is 2. The molecule has 0 bridgehead atoms. The number of anilines is 1. The van der Waals surface area contributed by atoms with Crippen molar-refractivity contribution in [2.75, 3.05) is 12.4 Å². The van der Waals surface area contributed by atoms with Crippen LogP contribution in [0.4, 0.5) is 5.69 Å². The third-order valence-corrected chi connectivity index (χ3v) is 3.12. The van der Waals surface area contributed by atoms with E-state index in [4.69, 9.17) is 11.6 Å². The number of benzene rings is 2. The smallest absolute Gasteiger partial charge is 0.251 e. The van der Waals surface area contributed by atoms with Crippen LogP contribution in [0, 0.1) is 0 Å². The van der Waals surface area contributed by atoms with Crippen molar-refractivity contribution < 1.29 is 9.59 Å². The monoisotopic (exact) mass is 302 g/mol. The molecule has 0 atom stereocenters. The van der Waals surface area contributed by atoms with Gasteiger partial charge in [0.05, 0.1) is 6.42 Å². The van der Waals surface area contributed by atoms with Gasteiger partial charge in [0.1, 0.15) is 0 Å². The fourth-order valence-corrected chi connectivity index (χ4v) is 2.13. The Balaban J connectivity index is 2.04. The molecule has 2 aromatic carbocycles. The van der Waals surface area contributed by atoms with Crippen LogP contribution in [0.15, 0.2) is 48.5 Å². The zero-order valence-corrected chi connectivity index (χ0v) is 12.3. The van der Waals surface area contributed by atoms with Crippen LogP contribution in [0.5, 0.6) is 0 Å². The van der Waals surface area contributed by atoms with Crippen LogP contribution < -0.4 is 10.6 Å². The normalized spacial score (nSPS) is 10.0. The molecule has 21 heavy (non-hydrogen) atoms. The Bertz CT molecular complexity index is 671. The summed E-state index contributed by atoms with van der Waals surface area (Å²) in [5.74, 6) is -0.354. The molecule has 0 radical (unpaired) electrons. The molecule has 0 aromatic heterocycles. The maximum absolute atomic E-state index is 12.0. The van der Waals surface area contributed by atoms with Crippen molar-refractivity contribution in [2.24, 2.45) is 0 Å². The summed E-state index contributed by atoms with van der Waals surface area (Å²) >= 11 is 5.88. The number of hydrogen-bond donors (Lipinski definition) is 2. The lowest BCUT2D eigenvalue weighted by Gasteiger charge is -2.07. The molecule has 0 saturated heterocycles. The third kappa shape index (κ3) is 4.33. The predicted molar refractivity (Wildman–Crippen MR) is 83.6 cm³/mol. The van der Waals surface area contributed by atoms with Crippen LogP contribution in [-0.2, 0) is 11.2 Å². The standard InChI is InChI=1S/C16H15ClN2O2/c1-18-16(21)12-5-3-7-14(10-12)19-15(20)9-11-4-2-6-13(17)8-11/h2-8,10H,9H2,1H3,(H,18,21)(H,19,20). The average Bonchev–Trinajstić information content (AvgIpc) is 2.46.